The summed E-state index contributed by atoms with van der Waals surface area (Å²) in [7, 11) is 0. The van der Waals surface area contributed by atoms with Gasteiger partial charge in [-0.25, -0.2) is 0 Å². The molecule has 0 spiro atoms. The van der Waals surface area contributed by atoms with Crippen molar-refractivity contribution in [2.75, 3.05) is 4.90 Å². The second-order valence-corrected chi connectivity index (χ2v) is 10.6. The molecule has 0 saturated carbocycles. The maximum atomic E-state index is 2.38. The lowest BCUT2D eigenvalue weighted by Gasteiger charge is -2.27. The Bertz CT molecular complexity index is 2010. The Morgan fingerprint density at radius 3 is 1.98 bits per heavy atom. The first-order valence-electron chi connectivity index (χ1n) is 13.9. The van der Waals surface area contributed by atoms with Crippen LogP contribution in [-0.2, 0) is 6.42 Å². The van der Waals surface area contributed by atoms with Gasteiger partial charge in [0.05, 0.1) is 5.69 Å². The average molecular weight is 510 g/mol. The van der Waals surface area contributed by atoms with Crippen molar-refractivity contribution in [1.29, 1.82) is 0 Å². The lowest BCUT2D eigenvalue weighted by molar-refractivity contribution is 1.20. The summed E-state index contributed by atoms with van der Waals surface area (Å²) in [5, 5.41) is 5.20. The summed E-state index contributed by atoms with van der Waals surface area (Å²) in [5.74, 6) is 0. The van der Waals surface area contributed by atoms with Crippen molar-refractivity contribution in [3.63, 3.8) is 0 Å². The summed E-state index contributed by atoms with van der Waals surface area (Å²) in [6.45, 7) is 0. The Balaban J connectivity index is 1.22. The fourth-order valence-corrected chi connectivity index (χ4v) is 6.37. The Morgan fingerprint density at radius 1 is 0.425 bits per heavy atom. The lowest BCUT2D eigenvalue weighted by atomic mass is 9.82. The van der Waals surface area contributed by atoms with Gasteiger partial charge in [0.25, 0.3) is 0 Å². The normalized spacial score (nSPS) is 11.9. The van der Waals surface area contributed by atoms with Crippen molar-refractivity contribution >= 4 is 38.6 Å². The van der Waals surface area contributed by atoms with Gasteiger partial charge in [-0.3, -0.25) is 0 Å². The fourth-order valence-electron chi connectivity index (χ4n) is 6.37. The summed E-state index contributed by atoms with van der Waals surface area (Å²) in [6, 6.07) is 55.2. The van der Waals surface area contributed by atoms with Gasteiger partial charge in [0.15, 0.2) is 0 Å². The molecular formula is C39H27N. The summed E-state index contributed by atoms with van der Waals surface area (Å²) in [5.41, 5.74) is 11.5. The van der Waals surface area contributed by atoms with E-state index in [1.807, 2.05) is 0 Å². The van der Waals surface area contributed by atoms with Crippen molar-refractivity contribution in [1.82, 2.24) is 0 Å². The predicted molar refractivity (Wildman–Crippen MR) is 170 cm³/mol. The second-order valence-electron chi connectivity index (χ2n) is 10.6. The number of para-hydroxylation sites is 1. The van der Waals surface area contributed by atoms with Crippen molar-refractivity contribution in [2.45, 2.75) is 6.42 Å². The zero-order valence-electron chi connectivity index (χ0n) is 22.1. The monoisotopic (exact) mass is 509 g/mol. The molecule has 0 saturated heterocycles. The average Bonchev–Trinajstić information content (AvgIpc) is 3.02. The highest BCUT2D eigenvalue weighted by molar-refractivity contribution is 6.02. The summed E-state index contributed by atoms with van der Waals surface area (Å²) in [6.07, 6.45) is 0.986. The molecule has 40 heavy (non-hydrogen) atoms. The highest BCUT2D eigenvalue weighted by Crippen LogP contribution is 2.42. The maximum absolute atomic E-state index is 2.38. The maximum Gasteiger partial charge on any atom is 0.0540 e. The lowest BCUT2D eigenvalue weighted by Crippen LogP contribution is -2.10. The molecule has 0 heterocycles. The van der Waals surface area contributed by atoms with Crippen molar-refractivity contribution in [2.24, 2.45) is 0 Å². The molecule has 7 aromatic rings. The minimum atomic E-state index is 0.986. The molecule has 1 heteroatoms. The first-order valence-corrected chi connectivity index (χ1v) is 13.9. The van der Waals surface area contributed by atoms with Crippen LogP contribution in [0.15, 0.2) is 152 Å². The van der Waals surface area contributed by atoms with Gasteiger partial charge in [-0.05, 0) is 92.4 Å². The molecule has 0 aliphatic heterocycles. The van der Waals surface area contributed by atoms with E-state index in [1.54, 1.807) is 0 Å². The van der Waals surface area contributed by atoms with Crippen LogP contribution < -0.4 is 4.90 Å². The largest absolute Gasteiger partial charge is 0.310 e. The Hall–Kier alpha value is -5.14. The van der Waals surface area contributed by atoms with Crippen LogP contribution >= 0.6 is 0 Å². The zero-order chi connectivity index (χ0) is 26.5. The zero-order valence-corrected chi connectivity index (χ0v) is 22.1. The fraction of sp³-hybridized carbons (Fsp3) is 0.0256. The highest BCUT2D eigenvalue weighted by atomic mass is 15.1. The standard InChI is InChI=1S/C39H27N/c1-2-14-33(15-3-1)40(38-18-8-10-28-9-4-5-16-35(28)38)34-23-21-27(22-24-34)30-19-20-31-25-32-13-6-11-29-12-7-17-36(39(29)32)37(31)26-30/h1-24,26H,25H2. The molecule has 7 aromatic carbocycles. The number of anilines is 3. The minimum absolute atomic E-state index is 0.986. The molecule has 0 fully saturated rings. The van der Waals surface area contributed by atoms with E-state index in [0.717, 1.165) is 17.8 Å². The summed E-state index contributed by atoms with van der Waals surface area (Å²) < 4.78 is 0. The van der Waals surface area contributed by atoms with Gasteiger partial charge in [0.2, 0.25) is 0 Å². The third-order valence-corrected chi connectivity index (χ3v) is 8.25. The van der Waals surface area contributed by atoms with Gasteiger partial charge in [0, 0.05) is 16.8 Å². The first kappa shape index (κ1) is 22.8. The molecule has 1 aliphatic rings. The van der Waals surface area contributed by atoms with E-state index in [-0.39, 0.29) is 0 Å². The van der Waals surface area contributed by atoms with E-state index < -0.39 is 0 Å². The van der Waals surface area contributed by atoms with E-state index in [9.17, 15) is 0 Å². The van der Waals surface area contributed by atoms with Crippen LogP contribution in [0.1, 0.15) is 11.1 Å². The molecule has 0 unspecified atom stereocenters. The first-order chi connectivity index (χ1) is 19.8. The van der Waals surface area contributed by atoms with Crippen LogP contribution in [0, 0.1) is 0 Å². The van der Waals surface area contributed by atoms with E-state index in [1.165, 1.54) is 60.6 Å². The van der Waals surface area contributed by atoms with Crippen LogP contribution in [0.3, 0.4) is 0 Å². The Morgan fingerprint density at radius 2 is 1.10 bits per heavy atom. The van der Waals surface area contributed by atoms with Crippen LogP contribution in [-0.4, -0.2) is 0 Å². The van der Waals surface area contributed by atoms with Crippen LogP contribution in [0.25, 0.3) is 43.8 Å². The highest BCUT2D eigenvalue weighted by Gasteiger charge is 2.19. The number of nitrogens with zero attached hydrogens (tertiary/aromatic N) is 1. The van der Waals surface area contributed by atoms with Gasteiger partial charge in [-0.15, -0.1) is 0 Å². The van der Waals surface area contributed by atoms with Gasteiger partial charge in [0.1, 0.15) is 0 Å². The number of fused-ring (bicyclic) bond motifs is 3. The molecule has 0 N–H and O–H groups in total. The molecule has 8 rings (SSSR count). The molecule has 1 nitrogen and oxygen atoms in total. The van der Waals surface area contributed by atoms with Crippen molar-refractivity contribution in [3.05, 3.63) is 163 Å². The predicted octanol–water partition coefficient (Wildman–Crippen LogP) is 10.7. The van der Waals surface area contributed by atoms with E-state index in [4.69, 9.17) is 0 Å². The number of benzene rings is 7. The van der Waals surface area contributed by atoms with Gasteiger partial charge < -0.3 is 4.90 Å². The van der Waals surface area contributed by atoms with Gasteiger partial charge >= 0.3 is 0 Å². The molecule has 0 bridgehead atoms. The second kappa shape index (κ2) is 9.25. The number of rotatable bonds is 4. The topological polar surface area (TPSA) is 3.24 Å². The Kier molecular flexibility index (Phi) is 5.28. The molecule has 1 aliphatic carbocycles. The van der Waals surface area contributed by atoms with Crippen molar-refractivity contribution < 1.29 is 0 Å². The summed E-state index contributed by atoms with van der Waals surface area (Å²) in [4.78, 5) is 2.36. The third-order valence-electron chi connectivity index (χ3n) is 8.25. The van der Waals surface area contributed by atoms with Crippen molar-refractivity contribution in [3.8, 4) is 22.3 Å². The van der Waals surface area contributed by atoms with Gasteiger partial charge in [-0.1, -0.05) is 115 Å². The summed E-state index contributed by atoms with van der Waals surface area (Å²) >= 11 is 0. The molecule has 0 amide bonds. The van der Waals surface area contributed by atoms with E-state index in [2.05, 4.69) is 157 Å². The smallest absolute Gasteiger partial charge is 0.0540 e. The van der Waals surface area contributed by atoms with E-state index in [0.29, 0.717) is 0 Å². The third kappa shape index (κ3) is 3.71. The quantitative estimate of drug-likeness (QED) is 0.228. The molecule has 0 aromatic heterocycles. The SMILES string of the molecule is c1ccc(N(c2ccc(-c3ccc4c(c3)-c3cccc5cccc(c35)C4)cc2)c2cccc3ccccc23)cc1. The molecule has 188 valence electrons. The number of hydrogen-bond acceptors (Lipinski definition) is 1. The number of hydrogen-bond donors (Lipinski definition) is 0. The van der Waals surface area contributed by atoms with E-state index >= 15 is 0 Å². The van der Waals surface area contributed by atoms with Crippen LogP contribution in [0.5, 0.6) is 0 Å². The Labute approximate surface area is 234 Å². The minimum Gasteiger partial charge on any atom is -0.310 e. The van der Waals surface area contributed by atoms with Gasteiger partial charge in [-0.2, -0.15) is 0 Å². The molecular weight excluding hydrogens is 482 g/mol. The van der Waals surface area contributed by atoms with Crippen LogP contribution in [0.4, 0.5) is 17.1 Å². The molecule has 0 atom stereocenters. The van der Waals surface area contributed by atoms with Crippen LogP contribution in [0.2, 0.25) is 0 Å². The molecule has 0 radical (unpaired) electrons.